The first-order chi connectivity index (χ1) is 9.22. The molecule has 0 atom stereocenters. The highest BCUT2D eigenvalue weighted by Gasteiger charge is 2.09. The number of aliphatic hydroxyl groups is 1. The minimum atomic E-state index is 0.0286. The summed E-state index contributed by atoms with van der Waals surface area (Å²) in [6.45, 7) is 5.01. The standard InChI is InChI=1S/C14H24N2O3/c1-12-13(11-17)5-6-14(15-12)16(8-10-19-3)7-4-9-18-2/h5-6,17H,4,7-11H2,1-3H3. The third kappa shape index (κ3) is 5.14. The predicted molar refractivity (Wildman–Crippen MR) is 75.5 cm³/mol. The first-order valence-electron chi connectivity index (χ1n) is 6.53. The predicted octanol–water partition coefficient (Wildman–Crippen LogP) is 1.37. The van der Waals surface area contributed by atoms with Crippen LogP contribution in [0.1, 0.15) is 17.7 Å². The molecule has 0 spiro atoms. The lowest BCUT2D eigenvalue weighted by molar-refractivity contribution is 0.191. The van der Waals surface area contributed by atoms with Crippen molar-refractivity contribution in [2.24, 2.45) is 0 Å². The first-order valence-corrected chi connectivity index (χ1v) is 6.53. The monoisotopic (exact) mass is 268 g/mol. The van der Waals surface area contributed by atoms with E-state index in [1.54, 1.807) is 14.2 Å². The van der Waals surface area contributed by atoms with Crippen molar-refractivity contribution < 1.29 is 14.6 Å². The number of aromatic nitrogens is 1. The molecule has 5 heteroatoms. The first kappa shape index (κ1) is 15.9. The summed E-state index contributed by atoms with van der Waals surface area (Å²) >= 11 is 0. The van der Waals surface area contributed by atoms with Crippen molar-refractivity contribution in [1.29, 1.82) is 0 Å². The molecule has 5 nitrogen and oxygen atoms in total. The minimum Gasteiger partial charge on any atom is -0.392 e. The number of nitrogens with zero attached hydrogens (tertiary/aromatic N) is 2. The average Bonchev–Trinajstić information content (AvgIpc) is 2.42. The Bertz CT molecular complexity index is 372. The highest BCUT2D eigenvalue weighted by molar-refractivity contribution is 5.41. The molecule has 108 valence electrons. The van der Waals surface area contributed by atoms with E-state index in [2.05, 4.69) is 9.88 Å². The van der Waals surface area contributed by atoms with Crippen molar-refractivity contribution in [2.75, 3.05) is 45.4 Å². The van der Waals surface area contributed by atoms with Gasteiger partial charge in [-0.05, 0) is 25.0 Å². The second-order valence-corrected chi connectivity index (χ2v) is 4.40. The highest BCUT2D eigenvalue weighted by Crippen LogP contribution is 2.15. The smallest absolute Gasteiger partial charge is 0.128 e. The maximum Gasteiger partial charge on any atom is 0.128 e. The number of methoxy groups -OCH3 is 2. The van der Waals surface area contributed by atoms with E-state index in [4.69, 9.17) is 9.47 Å². The lowest BCUT2D eigenvalue weighted by Gasteiger charge is -2.24. The summed E-state index contributed by atoms with van der Waals surface area (Å²) in [4.78, 5) is 6.72. The molecular weight excluding hydrogens is 244 g/mol. The highest BCUT2D eigenvalue weighted by atomic mass is 16.5. The number of aliphatic hydroxyl groups excluding tert-OH is 1. The van der Waals surface area contributed by atoms with Gasteiger partial charge in [-0.2, -0.15) is 0 Å². The summed E-state index contributed by atoms with van der Waals surface area (Å²) in [5.74, 6) is 0.919. The summed E-state index contributed by atoms with van der Waals surface area (Å²) in [7, 11) is 3.40. The zero-order chi connectivity index (χ0) is 14.1. The zero-order valence-corrected chi connectivity index (χ0v) is 12.1. The molecule has 0 radical (unpaired) electrons. The molecular formula is C14H24N2O3. The summed E-state index contributed by atoms with van der Waals surface area (Å²) in [6, 6.07) is 3.87. The van der Waals surface area contributed by atoms with Crippen molar-refractivity contribution in [3.8, 4) is 0 Å². The van der Waals surface area contributed by atoms with Crippen LogP contribution in [0.2, 0.25) is 0 Å². The second-order valence-electron chi connectivity index (χ2n) is 4.40. The summed E-state index contributed by atoms with van der Waals surface area (Å²) in [5.41, 5.74) is 1.74. The molecule has 1 rings (SSSR count). The Hall–Kier alpha value is -1.17. The van der Waals surface area contributed by atoms with E-state index in [9.17, 15) is 5.11 Å². The molecule has 1 N–H and O–H groups in total. The van der Waals surface area contributed by atoms with Gasteiger partial charge < -0.3 is 19.5 Å². The summed E-state index contributed by atoms with van der Waals surface area (Å²) in [5, 5.41) is 9.17. The fourth-order valence-electron chi connectivity index (χ4n) is 1.86. The Kier molecular flexibility index (Phi) is 7.40. The van der Waals surface area contributed by atoms with Gasteiger partial charge in [0.2, 0.25) is 0 Å². The van der Waals surface area contributed by atoms with Crippen LogP contribution in [-0.2, 0) is 16.1 Å². The number of aryl methyl sites for hydroxylation is 1. The van der Waals surface area contributed by atoms with E-state index in [1.807, 2.05) is 19.1 Å². The molecule has 1 heterocycles. The van der Waals surface area contributed by atoms with Crippen LogP contribution in [0, 0.1) is 6.92 Å². The number of pyridine rings is 1. The largest absolute Gasteiger partial charge is 0.392 e. The van der Waals surface area contributed by atoms with E-state index in [0.29, 0.717) is 6.61 Å². The molecule has 0 unspecified atom stereocenters. The molecule has 0 fully saturated rings. The second kappa shape index (κ2) is 8.85. The third-order valence-corrected chi connectivity index (χ3v) is 3.02. The molecule has 0 aliphatic rings. The molecule has 0 aliphatic heterocycles. The van der Waals surface area contributed by atoms with Crippen LogP contribution in [0.5, 0.6) is 0 Å². The molecule has 1 aromatic heterocycles. The average molecular weight is 268 g/mol. The van der Waals surface area contributed by atoms with Crippen LogP contribution < -0.4 is 4.90 Å². The number of anilines is 1. The van der Waals surface area contributed by atoms with Gasteiger partial charge >= 0.3 is 0 Å². The van der Waals surface area contributed by atoms with Crippen molar-refractivity contribution in [2.45, 2.75) is 20.0 Å². The molecule has 19 heavy (non-hydrogen) atoms. The maximum absolute atomic E-state index is 9.17. The molecule has 0 aliphatic carbocycles. The van der Waals surface area contributed by atoms with Crippen LogP contribution in [0.15, 0.2) is 12.1 Å². The quantitative estimate of drug-likeness (QED) is 0.686. The Labute approximate surface area is 115 Å². The van der Waals surface area contributed by atoms with Crippen LogP contribution in [-0.4, -0.2) is 50.6 Å². The summed E-state index contributed by atoms with van der Waals surface area (Å²) < 4.78 is 10.2. The maximum atomic E-state index is 9.17. The van der Waals surface area contributed by atoms with Crippen molar-refractivity contribution in [3.63, 3.8) is 0 Å². The molecule has 0 aromatic carbocycles. The van der Waals surface area contributed by atoms with Gasteiger partial charge in [-0.15, -0.1) is 0 Å². The Balaban J connectivity index is 2.74. The summed E-state index contributed by atoms with van der Waals surface area (Å²) in [6.07, 6.45) is 0.947. The van der Waals surface area contributed by atoms with Crippen LogP contribution in [0.25, 0.3) is 0 Å². The Morgan fingerprint density at radius 3 is 2.47 bits per heavy atom. The van der Waals surface area contributed by atoms with Crippen molar-refractivity contribution in [3.05, 3.63) is 23.4 Å². The van der Waals surface area contributed by atoms with Crippen LogP contribution in [0.4, 0.5) is 5.82 Å². The lowest BCUT2D eigenvalue weighted by atomic mass is 10.2. The van der Waals surface area contributed by atoms with E-state index < -0.39 is 0 Å². The number of rotatable bonds is 9. The zero-order valence-electron chi connectivity index (χ0n) is 12.1. The van der Waals surface area contributed by atoms with E-state index in [0.717, 1.165) is 43.2 Å². The fourth-order valence-corrected chi connectivity index (χ4v) is 1.86. The minimum absolute atomic E-state index is 0.0286. The van der Waals surface area contributed by atoms with Gasteiger partial charge in [0.1, 0.15) is 5.82 Å². The van der Waals surface area contributed by atoms with Crippen LogP contribution >= 0.6 is 0 Å². The Morgan fingerprint density at radius 1 is 1.16 bits per heavy atom. The van der Waals surface area contributed by atoms with Gasteiger partial charge in [-0.25, -0.2) is 4.98 Å². The van der Waals surface area contributed by atoms with Crippen LogP contribution in [0.3, 0.4) is 0 Å². The molecule has 0 saturated carbocycles. The van der Waals surface area contributed by atoms with Gasteiger partial charge in [-0.3, -0.25) is 0 Å². The third-order valence-electron chi connectivity index (χ3n) is 3.02. The number of hydrogen-bond acceptors (Lipinski definition) is 5. The van der Waals surface area contributed by atoms with Gasteiger partial charge in [0.05, 0.1) is 13.2 Å². The van der Waals surface area contributed by atoms with Crippen molar-refractivity contribution >= 4 is 5.82 Å². The molecule has 0 amide bonds. The molecule has 1 aromatic rings. The Morgan fingerprint density at radius 2 is 1.89 bits per heavy atom. The van der Waals surface area contributed by atoms with E-state index in [1.165, 1.54) is 0 Å². The van der Waals surface area contributed by atoms with Gasteiger partial charge in [0.25, 0.3) is 0 Å². The molecule has 0 bridgehead atoms. The van der Waals surface area contributed by atoms with E-state index >= 15 is 0 Å². The number of hydrogen-bond donors (Lipinski definition) is 1. The number of ether oxygens (including phenoxy) is 2. The fraction of sp³-hybridized carbons (Fsp3) is 0.643. The topological polar surface area (TPSA) is 54.8 Å². The molecule has 0 saturated heterocycles. The SMILES string of the molecule is COCCCN(CCOC)c1ccc(CO)c(C)n1. The van der Waals surface area contributed by atoms with E-state index in [-0.39, 0.29) is 6.61 Å². The van der Waals surface area contributed by atoms with Gasteiger partial charge in [0.15, 0.2) is 0 Å². The van der Waals surface area contributed by atoms with Gasteiger partial charge in [0, 0.05) is 39.6 Å². The van der Waals surface area contributed by atoms with Gasteiger partial charge in [-0.1, -0.05) is 6.07 Å². The van der Waals surface area contributed by atoms with Crippen molar-refractivity contribution in [1.82, 2.24) is 4.98 Å². The lowest BCUT2D eigenvalue weighted by Crippen LogP contribution is -2.30. The normalized spacial score (nSPS) is 10.7.